The maximum atomic E-state index is 12.8. The van der Waals surface area contributed by atoms with Gasteiger partial charge in [-0.3, -0.25) is 9.59 Å². The minimum atomic E-state index is -0.918. The Kier molecular flexibility index (Phi) is 4.06. The fourth-order valence-corrected chi connectivity index (χ4v) is 3.90. The van der Waals surface area contributed by atoms with Crippen molar-refractivity contribution in [3.63, 3.8) is 0 Å². The third-order valence-corrected chi connectivity index (χ3v) is 5.31. The van der Waals surface area contributed by atoms with Crippen molar-refractivity contribution in [3.8, 4) is 0 Å². The number of carbonyl (C=O) groups is 2. The first kappa shape index (κ1) is 16.2. The number of ether oxygens (including phenoxy) is 2. The zero-order chi connectivity index (χ0) is 16.0. The van der Waals surface area contributed by atoms with E-state index in [0.29, 0.717) is 13.2 Å². The van der Waals surface area contributed by atoms with Gasteiger partial charge in [-0.25, -0.2) is 0 Å². The van der Waals surface area contributed by atoms with E-state index in [9.17, 15) is 9.59 Å². The molecule has 21 heavy (non-hydrogen) atoms. The molecule has 1 saturated carbocycles. The maximum absolute atomic E-state index is 12.8. The Morgan fingerprint density at radius 3 is 2.67 bits per heavy atom. The number of carbonyl (C=O) groups excluding carboxylic acids is 2. The largest absolute Gasteiger partial charge is 0.469 e. The monoisotopic (exact) mass is 298 g/mol. The molecular weight excluding hydrogens is 272 g/mol. The highest BCUT2D eigenvalue weighted by Crippen LogP contribution is 2.58. The number of nitrogens with zero attached hydrogens (tertiary/aromatic N) is 1. The van der Waals surface area contributed by atoms with Gasteiger partial charge < -0.3 is 20.1 Å². The molecule has 1 heterocycles. The van der Waals surface area contributed by atoms with Gasteiger partial charge in [0.25, 0.3) is 0 Å². The van der Waals surface area contributed by atoms with Crippen LogP contribution in [-0.4, -0.2) is 55.7 Å². The minimum Gasteiger partial charge on any atom is -0.469 e. The minimum absolute atomic E-state index is 0.0536. The normalized spacial score (nSPS) is 34.6. The average Bonchev–Trinajstić information content (AvgIpc) is 2.92. The molecule has 1 saturated heterocycles. The number of esters is 1. The molecule has 0 aromatic heterocycles. The van der Waals surface area contributed by atoms with Gasteiger partial charge in [0.05, 0.1) is 19.1 Å². The second-order valence-corrected chi connectivity index (χ2v) is 6.89. The van der Waals surface area contributed by atoms with Crippen LogP contribution in [0.4, 0.5) is 0 Å². The first-order valence-corrected chi connectivity index (χ1v) is 7.41. The Balaban J connectivity index is 2.10. The van der Waals surface area contributed by atoms with Gasteiger partial charge in [-0.2, -0.15) is 0 Å². The lowest BCUT2D eigenvalue weighted by Gasteiger charge is -2.61. The summed E-state index contributed by atoms with van der Waals surface area (Å²) in [5.41, 5.74) is 5.19. The quantitative estimate of drug-likeness (QED) is 0.760. The van der Waals surface area contributed by atoms with Crippen molar-refractivity contribution in [2.45, 2.75) is 38.8 Å². The summed E-state index contributed by atoms with van der Waals surface area (Å²) in [6.45, 7) is 6.67. The third kappa shape index (κ3) is 2.16. The van der Waals surface area contributed by atoms with Crippen LogP contribution in [0.1, 0.15) is 27.2 Å². The molecule has 2 rings (SSSR count). The van der Waals surface area contributed by atoms with Crippen molar-refractivity contribution in [1.29, 1.82) is 0 Å². The van der Waals surface area contributed by atoms with Crippen molar-refractivity contribution in [1.82, 2.24) is 4.90 Å². The molecule has 2 fully saturated rings. The van der Waals surface area contributed by atoms with Crippen LogP contribution < -0.4 is 5.73 Å². The second-order valence-electron chi connectivity index (χ2n) is 6.89. The van der Waals surface area contributed by atoms with Crippen molar-refractivity contribution < 1.29 is 19.1 Å². The molecule has 2 aliphatic rings. The van der Waals surface area contributed by atoms with E-state index < -0.39 is 11.0 Å². The molecule has 1 aliphatic heterocycles. The highest BCUT2D eigenvalue weighted by Gasteiger charge is 2.71. The fourth-order valence-electron chi connectivity index (χ4n) is 3.90. The summed E-state index contributed by atoms with van der Waals surface area (Å²) in [7, 11) is 3.04. The van der Waals surface area contributed by atoms with Gasteiger partial charge in [-0.15, -0.1) is 0 Å². The van der Waals surface area contributed by atoms with Crippen molar-refractivity contribution in [2.24, 2.45) is 23.0 Å². The predicted octanol–water partition coefficient (Wildman–Crippen LogP) is 0.396. The van der Waals surface area contributed by atoms with Gasteiger partial charge in [0.15, 0.2) is 0 Å². The molecule has 4 atom stereocenters. The number of rotatable bonds is 4. The number of hydrogen-bond donors (Lipinski definition) is 1. The van der Waals surface area contributed by atoms with Crippen LogP contribution in [0.15, 0.2) is 0 Å². The summed E-state index contributed by atoms with van der Waals surface area (Å²) in [6.07, 6.45) is 0.870. The molecule has 6 heteroatoms. The maximum Gasteiger partial charge on any atom is 0.310 e. The number of amides is 1. The van der Waals surface area contributed by atoms with Crippen LogP contribution in [0.3, 0.4) is 0 Å². The lowest BCUT2D eigenvalue weighted by atomic mass is 9.47. The van der Waals surface area contributed by atoms with E-state index in [1.807, 2.05) is 13.8 Å². The summed E-state index contributed by atoms with van der Waals surface area (Å²) in [6, 6.07) is 0. The van der Waals surface area contributed by atoms with Gasteiger partial charge >= 0.3 is 5.97 Å². The second kappa shape index (κ2) is 5.25. The van der Waals surface area contributed by atoms with Gasteiger partial charge in [-0.1, -0.05) is 20.8 Å². The zero-order valence-electron chi connectivity index (χ0n) is 13.5. The molecule has 120 valence electrons. The lowest BCUT2D eigenvalue weighted by Crippen LogP contribution is -2.80. The molecule has 0 aromatic rings. The summed E-state index contributed by atoms with van der Waals surface area (Å²) >= 11 is 0. The molecule has 6 nitrogen and oxygen atoms in total. The molecule has 0 aromatic carbocycles. The fraction of sp³-hybridized carbons (Fsp3) is 0.867. The first-order chi connectivity index (χ1) is 9.67. The van der Waals surface area contributed by atoms with E-state index in [4.69, 9.17) is 15.2 Å². The van der Waals surface area contributed by atoms with Crippen molar-refractivity contribution in [2.75, 3.05) is 27.3 Å². The standard InChI is InChI=1S/C15H26N2O4/c1-9(12(18)20-5)8-17(4)13(19)15(16)10-6-7-21-11(10)14(15,2)3/h9-11H,6-8,16H2,1-5H3. The van der Waals surface area contributed by atoms with Crippen LogP contribution in [0.5, 0.6) is 0 Å². The van der Waals surface area contributed by atoms with Crippen LogP contribution in [-0.2, 0) is 19.1 Å². The molecule has 0 spiro atoms. The third-order valence-electron chi connectivity index (χ3n) is 5.31. The van der Waals surface area contributed by atoms with E-state index in [0.717, 1.165) is 6.42 Å². The van der Waals surface area contributed by atoms with E-state index >= 15 is 0 Å². The summed E-state index contributed by atoms with van der Waals surface area (Å²) < 4.78 is 10.4. The highest BCUT2D eigenvalue weighted by atomic mass is 16.5. The topological polar surface area (TPSA) is 81.9 Å². The van der Waals surface area contributed by atoms with Crippen LogP contribution in [0, 0.1) is 17.3 Å². The Morgan fingerprint density at radius 2 is 2.10 bits per heavy atom. The summed E-state index contributed by atoms with van der Waals surface area (Å²) in [4.78, 5) is 25.9. The Bertz CT molecular complexity index is 451. The van der Waals surface area contributed by atoms with E-state index in [2.05, 4.69) is 0 Å². The van der Waals surface area contributed by atoms with Crippen LogP contribution >= 0.6 is 0 Å². The molecule has 1 amide bonds. The van der Waals surface area contributed by atoms with Crippen molar-refractivity contribution in [3.05, 3.63) is 0 Å². The van der Waals surface area contributed by atoms with Crippen LogP contribution in [0.25, 0.3) is 0 Å². The van der Waals surface area contributed by atoms with E-state index in [-0.39, 0.29) is 29.8 Å². The number of fused-ring (bicyclic) bond motifs is 1. The number of hydrogen-bond acceptors (Lipinski definition) is 5. The number of likely N-dealkylation sites (N-methyl/N-ethyl adjacent to an activating group) is 1. The number of nitrogens with two attached hydrogens (primary N) is 1. The molecule has 0 bridgehead atoms. The predicted molar refractivity (Wildman–Crippen MR) is 77.4 cm³/mol. The SMILES string of the molecule is COC(=O)C(C)CN(C)C(=O)C1(N)C2CCOC2C1(C)C. The first-order valence-electron chi connectivity index (χ1n) is 7.41. The average molecular weight is 298 g/mol. The van der Waals surface area contributed by atoms with Gasteiger partial charge in [-0.05, 0) is 6.42 Å². The lowest BCUT2D eigenvalue weighted by molar-refractivity contribution is -0.183. The van der Waals surface area contributed by atoms with Gasteiger partial charge in [0.1, 0.15) is 5.54 Å². The zero-order valence-corrected chi connectivity index (χ0v) is 13.5. The molecule has 1 aliphatic carbocycles. The number of methoxy groups -OCH3 is 1. The van der Waals surface area contributed by atoms with Gasteiger partial charge in [0.2, 0.25) is 5.91 Å². The van der Waals surface area contributed by atoms with Crippen LogP contribution in [0.2, 0.25) is 0 Å². The van der Waals surface area contributed by atoms with E-state index in [1.54, 1.807) is 18.9 Å². The van der Waals surface area contributed by atoms with Gasteiger partial charge in [0, 0.05) is 31.5 Å². The Morgan fingerprint density at radius 1 is 1.48 bits per heavy atom. The molecule has 4 unspecified atom stereocenters. The highest BCUT2D eigenvalue weighted by molar-refractivity contribution is 5.89. The van der Waals surface area contributed by atoms with Crippen molar-refractivity contribution >= 4 is 11.9 Å². The summed E-state index contributed by atoms with van der Waals surface area (Å²) in [5, 5.41) is 0. The summed E-state index contributed by atoms with van der Waals surface area (Å²) in [5.74, 6) is -0.743. The Labute approximate surface area is 125 Å². The Hall–Kier alpha value is -1.14. The molecular formula is C15H26N2O4. The molecule has 2 N–H and O–H groups in total. The molecule has 0 radical (unpaired) electrons. The smallest absolute Gasteiger partial charge is 0.310 e. The van der Waals surface area contributed by atoms with E-state index in [1.165, 1.54) is 7.11 Å².